The molecule has 22 heavy (non-hydrogen) atoms. The zero-order valence-corrected chi connectivity index (χ0v) is 13.3. The van der Waals surface area contributed by atoms with E-state index in [1.807, 2.05) is 24.0 Å². The molecule has 4 heteroatoms. The van der Waals surface area contributed by atoms with Crippen molar-refractivity contribution >= 4 is 11.8 Å². The highest BCUT2D eigenvalue weighted by molar-refractivity contribution is 5.91. The molecule has 1 unspecified atom stereocenters. The molecule has 2 amide bonds. The molecule has 1 atom stereocenters. The third-order valence-corrected chi connectivity index (χ3v) is 4.75. The Morgan fingerprint density at radius 2 is 1.82 bits per heavy atom. The average molecular weight is 300 g/mol. The van der Waals surface area contributed by atoms with Crippen LogP contribution in [0.4, 0.5) is 0 Å². The summed E-state index contributed by atoms with van der Waals surface area (Å²) in [5, 5.41) is 0. The first kappa shape index (κ1) is 15.1. The van der Waals surface area contributed by atoms with E-state index < -0.39 is 0 Å². The molecule has 2 aliphatic heterocycles. The number of piperidine rings is 1. The molecular weight excluding hydrogens is 276 g/mol. The van der Waals surface area contributed by atoms with Gasteiger partial charge in [0, 0.05) is 26.1 Å². The molecule has 0 aliphatic carbocycles. The van der Waals surface area contributed by atoms with Gasteiger partial charge in [-0.05, 0) is 38.2 Å². The van der Waals surface area contributed by atoms with E-state index >= 15 is 0 Å². The van der Waals surface area contributed by atoms with Gasteiger partial charge in [0.15, 0.2) is 0 Å². The van der Waals surface area contributed by atoms with Crippen LogP contribution in [0.2, 0.25) is 0 Å². The summed E-state index contributed by atoms with van der Waals surface area (Å²) in [5.74, 6) is 0.258. The number of hydrogen-bond donors (Lipinski definition) is 0. The molecule has 2 aliphatic rings. The van der Waals surface area contributed by atoms with Gasteiger partial charge in [-0.1, -0.05) is 29.8 Å². The van der Waals surface area contributed by atoms with Crippen molar-refractivity contribution in [2.45, 2.75) is 51.6 Å². The fourth-order valence-electron chi connectivity index (χ4n) is 3.40. The average Bonchev–Trinajstić information content (AvgIpc) is 2.91. The molecule has 3 rings (SSSR count). The van der Waals surface area contributed by atoms with Gasteiger partial charge in [-0.25, -0.2) is 0 Å². The largest absolute Gasteiger partial charge is 0.341 e. The monoisotopic (exact) mass is 300 g/mol. The zero-order chi connectivity index (χ0) is 15.5. The third-order valence-electron chi connectivity index (χ3n) is 4.75. The van der Waals surface area contributed by atoms with Gasteiger partial charge in [-0.15, -0.1) is 0 Å². The molecule has 0 bridgehead atoms. The topological polar surface area (TPSA) is 40.6 Å². The predicted molar refractivity (Wildman–Crippen MR) is 85.2 cm³/mol. The van der Waals surface area contributed by atoms with Crippen LogP contribution in [0.15, 0.2) is 24.3 Å². The van der Waals surface area contributed by atoms with Crippen LogP contribution in [-0.4, -0.2) is 40.7 Å². The van der Waals surface area contributed by atoms with E-state index in [0.29, 0.717) is 19.4 Å². The van der Waals surface area contributed by atoms with Crippen molar-refractivity contribution in [1.29, 1.82) is 0 Å². The third kappa shape index (κ3) is 3.16. The Balaban J connectivity index is 1.71. The minimum absolute atomic E-state index is 0.107. The second kappa shape index (κ2) is 6.51. The molecule has 0 spiro atoms. The highest BCUT2D eigenvalue weighted by Crippen LogP contribution is 2.24. The molecule has 1 aromatic rings. The van der Waals surface area contributed by atoms with Crippen molar-refractivity contribution in [2.75, 3.05) is 13.1 Å². The first-order valence-electron chi connectivity index (χ1n) is 8.29. The van der Waals surface area contributed by atoms with Crippen LogP contribution < -0.4 is 0 Å². The Hall–Kier alpha value is -1.84. The van der Waals surface area contributed by atoms with Gasteiger partial charge in [0.05, 0.1) is 0 Å². The van der Waals surface area contributed by atoms with E-state index in [9.17, 15) is 9.59 Å². The number of nitrogens with zero attached hydrogens (tertiary/aromatic N) is 2. The lowest BCUT2D eigenvalue weighted by molar-refractivity contribution is -0.142. The van der Waals surface area contributed by atoms with Crippen molar-refractivity contribution < 1.29 is 9.59 Å². The van der Waals surface area contributed by atoms with Crippen molar-refractivity contribution in [3.05, 3.63) is 35.4 Å². The molecule has 0 radical (unpaired) electrons. The summed E-state index contributed by atoms with van der Waals surface area (Å²) in [6, 6.07) is 7.94. The number of carbonyl (C=O) groups excluding carboxylic acids is 2. The van der Waals surface area contributed by atoms with Crippen LogP contribution in [0, 0.1) is 6.92 Å². The maximum absolute atomic E-state index is 12.7. The maximum atomic E-state index is 12.7. The zero-order valence-electron chi connectivity index (χ0n) is 13.3. The van der Waals surface area contributed by atoms with E-state index in [2.05, 4.69) is 12.1 Å². The van der Waals surface area contributed by atoms with E-state index in [1.54, 1.807) is 4.90 Å². The first-order chi connectivity index (χ1) is 10.6. The van der Waals surface area contributed by atoms with Crippen LogP contribution in [-0.2, 0) is 16.1 Å². The molecule has 2 heterocycles. The van der Waals surface area contributed by atoms with Gasteiger partial charge in [-0.3, -0.25) is 9.59 Å². The lowest BCUT2D eigenvalue weighted by Crippen LogP contribution is -2.48. The SMILES string of the molecule is Cc1ccc(CN2C(=O)CCC2C(=O)N2CCCCC2)cc1. The Morgan fingerprint density at radius 3 is 2.50 bits per heavy atom. The van der Waals surface area contributed by atoms with Crippen LogP contribution >= 0.6 is 0 Å². The van der Waals surface area contributed by atoms with Gasteiger partial charge >= 0.3 is 0 Å². The molecule has 0 N–H and O–H groups in total. The summed E-state index contributed by atoms with van der Waals surface area (Å²) in [6.07, 6.45) is 4.55. The van der Waals surface area contributed by atoms with Gasteiger partial charge in [0.2, 0.25) is 11.8 Å². The van der Waals surface area contributed by atoms with Crippen molar-refractivity contribution in [3.8, 4) is 0 Å². The highest BCUT2D eigenvalue weighted by atomic mass is 16.2. The lowest BCUT2D eigenvalue weighted by Gasteiger charge is -2.32. The number of amides is 2. The van der Waals surface area contributed by atoms with E-state index in [1.165, 1.54) is 12.0 Å². The Labute approximate surface area is 132 Å². The maximum Gasteiger partial charge on any atom is 0.245 e. The second-order valence-corrected chi connectivity index (χ2v) is 6.45. The Bertz CT molecular complexity index is 547. The number of carbonyl (C=O) groups is 2. The van der Waals surface area contributed by atoms with Gasteiger partial charge in [-0.2, -0.15) is 0 Å². The van der Waals surface area contributed by atoms with Crippen molar-refractivity contribution in [2.24, 2.45) is 0 Å². The Morgan fingerprint density at radius 1 is 1.14 bits per heavy atom. The molecule has 0 aromatic heterocycles. The highest BCUT2D eigenvalue weighted by Gasteiger charge is 2.38. The predicted octanol–water partition coefficient (Wildman–Crippen LogP) is 2.50. The summed E-state index contributed by atoms with van der Waals surface area (Å²) in [5.41, 5.74) is 2.30. The van der Waals surface area contributed by atoms with E-state index in [-0.39, 0.29) is 17.9 Å². The molecule has 2 fully saturated rings. The quantitative estimate of drug-likeness (QED) is 0.860. The van der Waals surface area contributed by atoms with Gasteiger partial charge < -0.3 is 9.80 Å². The number of aryl methyl sites for hydroxylation is 1. The number of likely N-dealkylation sites (tertiary alicyclic amines) is 2. The molecule has 1 aromatic carbocycles. The number of benzene rings is 1. The molecule has 0 saturated carbocycles. The number of hydrogen-bond acceptors (Lipinski definition) is 2. The van der Waals surface area contributed by atoms with Crippen LogP contribution in [0.5, 0.6) is 0 Å². The van der Waals surface area contributed by atoms with E-state index in [4.69, 9.17) is 0 Å². The van der Waals surface area contributed by atoms with Crippen molar-refractivity contribution in [1.82, 2.24) is 9.80 Å². The standard InChI is InChI=1S/C18H24N2O2/c1-14-5-7-15(8-6-14)13-20-16(9-10-17(20)21)18(22)19-11-3-2-4-12-19/h5-8,16H,2-4,9-13H2,1H3. The smallest absolute Gasteiger partial charge is 0.245 e. The van der Waals surface area contributed by atoms with E-state index in [0.717, 1.165) is 31.5 Å². The number of rotatable bonds is 3. The minimum atomic E-state index is -0.257. The molecule has 2 saturated heterocycles. The first-order valence-corrected chi connectivity index (χ1v) is 8.29. The molecule has 118 valence electrons. The fourth-order valence-corrected chi connectivity index (χ4v) is 3.40. The fraction of sp³-hybridized carbons (Fsp3) is 0.556. The van der Waals surface area contributed by atoms with Crippen LogP contribution in [0.25, 0.3) is 0 Å². The minimum Gasteiger partial charge on any atom is -0.341 e. The lowest BCUT2D eigenvalue weighted by atomic mass is 10.1. The Kier molecular flexibility index (Phi) is 4.46. The van der Waals surface area contributed by atoms with Crippen LogP contribution in [0.1, 0.15) is 43.2 Å². The van der Waals surface area contributed by atoms with Crippen molar-refractivity contribution in [3.63, 3.8) is 0 Å². The summed E-state index contributed by atoms with van der Waals surface area (Å²) in [4.78, 5) is 28.7. The summed E-state index contributed by atoms with van der Waals surface area (Å²) in [7, 11) is 0. The van der Waals surface area contributed by atoms with Gasteiger partial charge in [0.25, 0.3) is 0 Å². The second-order valence-electron chi connectivity index (χ2n) is 6.45. The summed E-state index contributed by atoms with van der Waals surface area (Å²) >= 11 is 0. The summed E-state index contributed by atoms with van der Waals surface area (Å²) in [6.45, 7) is 4.29. The van der Waals surface area contributed by atoms with Gasteiger partial charge in [0.1, 0.15) is 6.04 Å². The normalized spacial score (nSPS) is 22.2. The summed E-state index contributed by atoms with van der Waals surface area (Å²) < 4.78 is 0. The molecule has 4 nitrogen and oxygen atoms in total. The molecular formula is C18H24N2O2. The van der Waals surface area contributed by atoms with Crippen LogP contribution in [0.3, 0.4) is 0 Å².